The van der Waals surface area contributed by atoms with E-state index in [0.717, 1.165) is 5.69 Å². The van der Waals surface area contributed by atoms with Crippen molar-refractivity contribution in [1.29, 1.82) is 0 Å². The van der Waals surface area contributed by atoms with Crippen molar-refractivity contribution in [2.24, 2.45) is 7.05 Å². The molecule has 184 valence electrons. The number of furan rings is 1. The highest BCUT2D eigenvalue weighted by molar-refractivity contribution is 6.08. The number of aryl methyl sites for hydroxylation is 2. The number of hydrogen-bond donors (Lipinski definition) is 2. The standard InChI is InChI=1S/C26H26N6O4/c1-3-16-12-20(31(2)30-16)24(33)28-17-13-21(25(34)29-23-10-6-7-11-27-23)32(14-17)26(35)19-15-36-22-9-5-4-8-18(19)22/h4-12,15,17,21H,3,13-14H2,1-2H3,(H,28,33)(H,27,29,34)/t17-,21+/m1/s1. The number of rotatable bonds is 6. The Bertz CT molecular complexity index is 1430. The number of likely N-dealkylation sites (tertiary alicyclic amines) is 1. The van der Waals surface area contributed by atoms with Crippen molar-refractivity contribution in [3.8, 4) is 0 Å². The molecule has 4 aromatic rings. The molecule has 1 fully saturated rings. The Kier molecular flexibility index (Phi) is 6.24. The third-order valence-electron chi connectivity index (χ3n) is 6.35. The fourth-order valence-electron chi connectivity index (χ4n) is 4.53. The van der Waals surface area contributed by atoms with Crippen LogP contribution in [0, 0.1) is 0 Å². The Morgan fingerprint density at radius 2 is 1.94 bits per heavy atom. The van der Waals surface area contributed by atoms with Crippen LogP contribution in [-0.2, 0) is 18.3 Å². The molecule has 0 saturated carbocycles. The van der Waals surface area contributed by atoms with E-state index in [4.69, 9.17) is 4.42 Å². The molecule has 0 unspecified atom stereocenters. The second kappa shape index (κ2) is 9.65. The number of pyridine rings is 1. The van der Waals surface area contributed by atoms with E-state index in [1.165, 1.54) is 15.8 Å². The third-order valence-corrected chi connectivity index (χ3v) is 6.35. The van der Waals surface area contributed by atoms with Crippen molar-refractivity contribution in [1.82, 2.24) is 25.0 Å². The summed E-state index contributed by atoms with van der Waals surface area (Å²) in [5.41, 5.74) is 2.19. The van der Waals surface area contributed by atoms with Crippen LogP contribution in [0.15, 0.2) is 65.4 Å². The molecular formula is C26H26N6O4. The SMILES string of the molecule is CCc1cc(C(=O)N[C@@H]2C[C@@H](C(=O)Nc3ccccn3)N(C(=O)c3coc4ccccc34)C2)n(C)n1. The number of aromatic nitrogens is 3. The van der Waals surface area contributed by atoms with Crippen molar-refractivity contribution in [3.63, 3.8) is 0 Å². The van der Waals surface area contributed by atoms with Gasteiger partial charge in [0.25, 0.3) is 11.8 Å². The molecule has 0 spiro atoms. The lowest BCUT2D eigenvalue weighted by molar-refractivity contribution is -0.119. The first-order valence-corrected chi connectivity index (χ1v) is 11.8. The molecule has 3 aromatic heterocycles. The predicted octanol–water partition coefficient (Wildman–Crippen LogP) is 2.78. The van der Waals surface area contributed by atoms with E-state index in [1.807, 2.05) is 19.1 Å². The molecule has 36 heavy (non-hydrogen) atoms. The molecule has 10 nitrogen and oxygen atoms in total. The van der Waals surface area contributed by atoms with Crippen LogP contribution in [0.2, 0.25) is 0 Å². The summed E-state index contributed by atoms with van der Waals surface area (Å²) in [7, 11) is 1.71. The van der Waals surface area contributed by atoms with E-state index in [1.54, 1.807) is 49.6 Å². The number of benzene rings is 1. The van der Waals surface area contributed by atoms with Crippen molar-refractivity contribution >= 4 is 34.5 Å². The zero-order valence-corrected chi connectivity index (χ0v) is 20.0. The number of fused-ring (bicyclic) bond motifs is 1. The minimum atomic E-state index is -0.809. The highest BCUT2D eigenvalue weighted by Gasteiger charge is 2.41. The van der Waals surface area contributed by atoms with E-state index >= 15 is 0 Å². The van der Waals surface area contributed by atoms with Gasteiger partial charge in [-0.3, -0.25) is 19.1 Å². The molecule has 0 bridgehead atoms. The van der Waals surface area contributed by atoms with Crippen LogP contribution in [-0.4, -0.2) is 56.0 Å². The predicted molar refractivity (Wildman–Crippen MR) is 132 cm³/mol. The van der Waals surface area contributed by atoms with Crippen LogP contribution in [0.3, 0.4) is 0 Å². The van der Waals surface area contributed by atoms with E-state index in [9.17, 15) is 14.4 Å². The number of nitrogens with one attached hydrogen (secondary N) is 2. The topological polar surface area (TPSA) is 122 Å². The van der Waals surface area contributed by atoms with Gasteiger partial charge in [0.15, 0.2) is 0 Å². The molecule has 0 aliphatic carbocycles. The fraction of sp³-hybridized carbons (Fsp3) is 0.269. The minimum absolute atomic E-state index is 0.170. The maximum atomic E-state index is 13.6. The molecular weight excluding hydrogens is 460 g/mol. The largest absolute Gasteiger partial charge is 0.463 e. The zero-order chi connectivity index (χ0) is 25.2. The lowest BCUT2D eigenvalue weighted by Gasteiger charge is -2.23. The summed E-state index contributed by atoms with van der Waals surface area (Å²) in [5, 5.41) is 10.8. The number of nitrogens with zero attached hydrogens (tertiary/aromatic N) is 4. The number of carbonyl (C=O) groups excluding carboxylic acids is 3. The summed E-state index contributed by atoms with van der Waals surface area (Å²) in [5.74, 6) is -0.633. The van der Waals surface area contributed by atoms with Gasteiger partial charge in [0.05, 0.1) is 11.3 Å². The van der Waals surface area contributed by atoms with E-state index in [2.05, 4.69) is 20.7 Å². The third kappa shape index (κ3) is 4.45. The normalized spacial score (nSPS) is 17.3. The van der Waals surface area contributed by atoms with Crippen molar-refractivity contribution in [3.05, 3.63) is 77.9 Å². The molecule has 4 heterocycles. The Hall–Kier alpha value is -4.47. The fourth-order valence-corrected chi connectivity index (χ4v) is 4.53. The molecule has 10 heteroatoms. The first kappa shape index (κ1) is 23.3. The van der Waals surface area contributed by atoms with Gasteiger partial charge in [-0.05, 0) is 37.1 Å². The summed E-state index contributed by atoms with van der Waals surface area (Å²) in [6.07, 6.45) is 3.95. The molecule has 1 aliphatic heterocycles. The molecule has 1 aliphatic rings. The monoisotopic (exact) mass is 486 g/mol. The second-order valence-corrected chi connectivity index (χ2v) is 8.73. The van der Waals surface area contributed by atoms with Crippen LogP contribution in [0.4, 0.5) is 5.82 Å². The van der Waals surface area contributed by atoms with Crippen molar-refractivity contribution < 1.29 is 18.8 Å². The molecule has 3 amide bonds. The minimum Gasteiger partial charge on any atom is -0.463 e. The summed E-state index contributed by atoms with van der Waals surface area (Å²) >= 11 is 0. The lowest BCUT2D eigenvalue weighted by Crippen LogP contribution is -2.43. The van der Waals surface area contributed by atoms with Gasteiger partial charge in [0, 0.05) is 31.2 Å². The summed E-state index contributed by atoms with van der Waals surface area (Å²) in [4.78, 5) is 45.5. The highest BCUT2D eigenvalue weighted by Crippen LogP contribution is 2.27. The Labute approximate surface area is 207 Å². The van der Waals surface area contributed by atoms with Gasteiger partial charge < -0.3 is 20.0 Å². The van der Waals surface area contributed by atoms with Crippen LogP contribution in [0.25, 0.3) is 11.0 Å². The van der Waals surface area contributed by atoms with Gasteiger partial charge in [-0.1, -0.05) is 31.2 Å². The first-order chi connectivity index (χ1) is 17.4. The Morgan fingerprint density at radius 3 is 2.69 bits per heavy atom. The van der Waals surface area contributed by atoms with Gasteiger partial charge in [-0.2, -0.15) is 5.10 Å². The molecule has 1 saturated heterocycles. The van der Waals surface area contributed by atoms with Crippen molar-refractivity contribution in [2.75, 3.05) is 11.9 Å². The van der Waals surface area contributed by atoms with E-state index < -0.39 is 12.1 Å². The van der Waals surface area contributed by atoms with Gasteiger partial charge in [0.2, 0.25) is 5.91 Å². The van der Waals surface area contributed by atoms with Crippen molar-refractivity contribution in [2.45, 2.75) is 31.8 Å². The van der Waals surface area contributed by atoms with Crippen LogP contribution in [0.1, 0.15) is 39.9 Å². The van der Waals surface area contributed by atoms with Gasteiger partial charge >= 0.3 is 0 Å². The number of hydrogen-bond acceptors (Lipinski definition) is 6. The van der Waals surface area contributed by atoms with Gasteiger partial charge in [-0.25, -0.2) is 4.98 Å². The van der Waals surface area contributed by atoms with Crippen LogP contribution < -0.4 is 10.6 Å². The molecule has 1 aromatic carbocycles. The summed E-state index contributed by atoms with van der Waals surface area (Å²) < 4.78 is 7.10. The number of para-hydroxylation sites is 1. The van der Waals surface area contributed by atoms with Crippen LogP contribution in [0.5, 0.6) is 0 Å². The summed E-state index contributed by atoms with van der Waals surface area (Å²) in [6.45, 7) is 2.14. The molecule has 0 radical (unpaired) electrons. The van der Waals surface area contributed by atoms with Crippen LogP contribution >= 0.6 is 0 Å². The number of anilines is 1. The first-order valence-electron chi connectivity index (χ1n) is 11.8. The summed E-state index contributed by atoms with van der Waals surface area (Å²) in [6, 6.07) is 12.9. The zero-order valence-electron chi connectivity index (χ0n) is 20.0. The second-order valence-electron chi connectivity index (χ2n) is 8.73. The van der Waals surface area contributed by atoms with E-state index in [0.29, 0.717) is 34.5 Å². The quantitative estimate of drug-likeness (QED) is 0.432. The Balaban J connectivity index is 1.40. The number of carbonyl (C=O) groups is 3. The Morgan fingerprint density at radius 1 is 1.14 bits per heavy atom. The van der Waals surface area contributed by atoms with Gasteiger partial charge in [-0.15, -0.1) is 0 Å². The highest BCUT2D eigenvalue weighted by atomic mass is 16.3. The smallest absolute Gasteiger partial charge is 0.269 e. The van der Waals surface area contributed by atoms with E-state index in [-0.39, 0.29) is 30.7 Å². The molecule has 5 rings (SSSR count). The maximum absolute atomic E-state index is 13.6. The maximum Gasteiger partial charge on any atom is 0.269 e. The van der Waals surface area contributed by atoms with Gasteiger partial charge in [0.1, 0.15) is 29.4 Å². The molecule has 2 N–H and O–H groups in total. The number of amides is 3. The average Bonchev–Trinajstić information content (AvgIpc) is 3.60. The average molecular weight is 487 g/mol. The molecule has 2 atom stereocenters. The lowest BCUT2D eigenvalue weighted by atomic mass is 10.1.